The van der Waals surface area contributed by atoms with Crippen molar-refractivity contribution < 1.29 is 9.53 Å². The highest BCUT2D eigenvalue weighted by atomic mass is 35.5. The summed E-state index contributed by atoms with van der Waals surface area (Å²) in [5.41, 5.74) is 5.59. The van der Waals surface area contributed by atoms with Crippen LogP contribution in [-0.4, -0.2) is 5.91 Å². The van der Waals surface area contributed by atoms with E-state index in [2.05, 4.69) is 0 Å². The van der Waals surface area contributed by atoms with Gasteiger partial charge >= 0.3 is 0 Å². The second-order valence-corrected chi connectivity index (χ2v) is 5.10. The lowest BCUT2D eigenvalue weighted by molar-refractivity contribution is -0.114. The van der Waals surface area contributed by atoms with Gasteiger partial charge in [-0.05, 0) is 35.9 Å². The number of rotatable bonds is 4. The molecule has 0 heterocycles. The molecule has 0 bridgehead atoms. The second-order valence-electron chi connectivity index (χ2n) is 4.28. The van der Waals surface area contributed by atoms with Gasteiger partial charge < -0.3 is 10.5 Å². The Kier molecular flexibility index (Phi) is 5.05. The predicted octanol–water partition coefficient (Wildman–Crippen LogP) is 4.18. The summed E-state index contributed by atoms with van der Waals surface area (Å²) in [6.45, 7) is 0. The number of benzene rings is 2. The zero-order valence-corrected chi connectivity index (χ0v) is 12.7. The summed E-state index contributed by atoms with van der Waals surface area (Å²) >= 11 is 11.8. The van der Waals surface area contributed by atoms with E-state index < -0.39 is 5.91 Å². The molecular weight excluding hydrogens is 323 g/mol. The maximum atomic E-state index is 11.1. The molecule has 1 amide bonds. The van der Waals surface area contributed by atoms with Crippen LogP contribution in [0.2, 0.25) is 10.0 Å². The Hall–Kier alpha value is -2.48. The Morgan fingerprint density at radius 2 is 1.86 bits per heavy atom. The maximum Gasteiger partial charge on any atom is 0.259 e. The lowest BCUT2D eigenvalue weighted by atomic mass is 10.1. The number of nitrogens with two attached hydrogens (primary N) is 1. The number of hydrogen-bond donors (Lipinski definition) is 1. The molecule has 0 saturated carbocycles. The zero-order chi connectivity index (χ0) is 16.1. The summed E-state index contributed by atoms with van der Waals surface area (Å²) in [5, 5.41) is 9.66. The summed E-state index contributed by atoms with van der Waals surface area (Å²) in [6.07, 6.45) is 1.39. The quantitative estimate of drug-likeness (QED) is 0.674. The van der Waals surface area contributed by atoms with E-state index in [4.69, 9.17) is 38.9 Å². The smallest absolute Gasteiger partial charge is 0.259 e. The number of nitriles is 1. The SMILES string of the molecule is N#C/C(=C\c1cccc(Oc2ccc(Cl)c(Cl)c2)c1)C(N)=O. The van der Waals surface area contributed by atoms with Gasteiger partial charge in [0.25, 0.3) is 5.91 Å². The number of ether oxygens (including phenoxy) is 1. The van der Waals surface area contributed by atoms with E-state index in [-0.39, 0.29) is 5.57 Å². The van der Waals surface area contributed by atoms with Crippen LogP contribution in [0.4, 0.5) is 0 Å². The molecule has 0 aliphatic rings. The first-order valence-corrected chi connectivity index (χ1v) is 6.90. The fourth-order valence-corrected chi connectivity index (χ4v) is 1.96. The van der Waals surface area contributed by atoms with Crippen LogP contribution >= 0.6 is 23.2 Å². The third kappa shape index (κ3) is 4.01. The summed E-state index contributed by atoms with van der Waals surface area (Å²) in [4.78, 5) is 11.1. The molecule has 0 saturated heterocycles. The van der Waals surface area contributed by atoms with Crippen molar-refractivity contribution in [2.75, 3.05) is 0 Å². The molecule has 6 heteroatoms. The van der Waals surface area contributed by atoms with Crippen LogP contribution in [0.3, 0.4) is 0 Å². The second kappa shape index (κ2) is 6.99. The van der Waals surface area contributed by atoms with Crippen LogP contribution in [0.1, 0.15) is 5.56 Å². The third-order valence-electron chi connectivity index (χ3n) is 2.68. The lowest BCUT2D eigenvalue weighted by Crippen LogP contribution is -2.12. The summed E-state index contributed by atoms with van der Waals surface area (Å²) in [5.74, 6) is 0.262. The van der Waals surface area contributed by atoms with Crippen molar-refractivity contribution in [3.63, 3.8) is 0 Å². The number of carbonyl (C=O) groups is 1. The van der Waals surface area contributed by atoms with E-state index >= 15 is 0 Å². The summed E-state index contributed by atoms with van der Waals surface area (Å²) in [6, 6.07) is 13.5. The maximum absolute atomic E-state index is 11.1. The van der Waals surface area contributed by atoms with Gasteiger partial charge in [-0.25, -0.2) is 0 Å². The van der Waals surface area contributed by atoms with Gasteiger partial charge in [0.05, 0.1) is 10.0 Å². The minimum Gasteiger partial charge on any atom is -0.457 e. The van der Waals surface area contributed by atoms with Gasteiger partial charge in [-0.15, -0.1) is 0 Å². The lowest BCUT2D eigenvalue weighted by Gasteiger charge is -2.07. The fraction of sp³-hybridized carbons (Fsp3) is 0. The summed E-state index contributed by atoms with van der Waals surface area (Å²) < 4.78 is 5.66. The van der Waals surface area contributed by atoms with Gasteiger partial charge in [0.15, 0.2) is 0 Å². The minimum absolute atomic E-state index is 0.133. The topological polar surface area (TPSA) is 76.1 Å². The van der Waals surface area contributed by atoms with Crippen LogP contribution < -0.4 is 10.5 Å². The predicted molar refractivity (Wildman–Crippen MR) is 85.8 cm³/mol. The van der Waals surface area contributed by atoms with E-state index in [1.165, 1.54) is 6.08 Å². The molecule has 0 aliphatic carbocycles. The van der Waals surface area contributed by atoms with Gasteiger partial charge in [0.2, 0.25) is 0 Å². The molecule has 2 aromatic carbocycles. The molecule has 2 N–H and O–H groups in total. The van der Waals surface area contributed by atoms with Crippen molar-refractivity contribution in [2.45, 2.75) is 0 Å². The van der Waals surface area contributed by atoms with Crippen LogP contribution in [0.5, 0.6) is 11.5 Å². The van der Waals surface area contributed by atoms with E-state index in [0.717, 1.165) is 0 Å². The van der Waals surface area contributed by atoms with E-state index in [1.54, 1.807) is 48.5 Å². The highest BCUT2D eigenvalue weighted by molar-refractivity contribution is 6.42. The number of primary amides is 1. The summed E-state index contributed by atoms with van der Waals surface area (Å²) in [7, 11) is 0. The van der Waals surface area contributed by atoms with Crippen LogP contribution in [-0.2, 0) is 4.79 Å². The van der Waals surface area contributed by atoms with E-state index in [9.17, 15) is 4.79 Å². The average Bonchev–Trinajstić information content (AvgIpc) is 2.49. The molecule has 0 atom stereocenters. The minimum atomic E-state index is -0.779. The Labute approximate surface area is 137 Å². The fourth-order valence-electron chi connectivity index (χ4n) is 1.67. The largest absolute Gasteiger partial charge is 0.457 e. The Balaban J connectivity index is 2.27. The monoisotopic (exact) mass is 332 g/mol. The number of carbonyl (C=O) groups excluding carboxylic acids is 1. The first-order chi connectivity index (χ1) is 10.5. The molecule has 110 valence electrons. The Bertz CT molecular complexity index is 795. The molecule has 0 unspecified atom stereocenters. The number of hydrogen-bond acceptors (Lipinski definition) is 3. The molecule has 2 rings (SSSR count). The first-order valence-electron chi connectivity index (χ1n) is 6.14. The van der Waals surface area contributed by atoms with Crippen LogP contribution in [0.15, 0.2) is 48.0 Å². The van der Waals surface area contributed by atoms with Crippen molar-refractivity contribution in [3.05, 3.63) is 63.6 Å². The van der Waals surface area contributed by atoms with Crippen molar-refractivity contribution in [2.24, 2.45) is 5.73 Å². The van der Waals surface area contributed by atoms with Crippen LogP contribution in [0, 0.1) is 11.3 Å². The number of halogens is 2. The molecule has 0 aromatic heterocycles. The van der Waals surface area contributed by atoms with Gasteiger partial charge in [0, 0.05) is 6.07 Å². The zero-order valence-electron chi connectivity index (χ0n) is 11.2. The molecule has 0 fully saturated rings. The van der Waals surface area contributed by atoms with Crippen LogP contribution in [0.25, 0.3) is 6.08 Å². The normalized spacial score (nSPS) is 10.9. The highest BCUT2D eigenvalue weighted by Crippen LogP contribution is 2.29. The molecular formula is C16H10Cl2N2O2. The first kappa shape index (κ1) is 15.9. The van der Waals surface area contributed by atoms with Gasteiger partial charge in [-0.3, -0.25) is 4.79 Å². The molecule has 0 radical (unpaired) electrons. The van der Waals surface area contributed by atoms with Crippen molar-refractivity contribution in [1.29, 1.82) is 5.26 Å². The van der Waals surface area contributed by atoms with Crippen molar-refractivity contribution in [1.82, 2.24) is 0 Å². The highest BCUT2D eigenvalue weighted by Gasteiger charge is 2.05. The van der Waals surface area contributed by atoms with E-state index in [1.807, 2.05) is 0 Å². The average molecular weight is 333 g/mol. The van der Waals surface area contributed by atoms with Gasteiger partial charge in [0.1, 0.15) is 23.1 Å². The van der Waals surface area contributed by atoms with Crippen molar-refractivity contribution in [3.8, 4) is 17.6 Å². The molecule has 22 heavy (non-hydrogen) atoms. The standard InChI is InChI=1S/C16H10Cl2N2O2/c17-14-5-4-13(8-15(14)18)22-12-3-1-2-10(7-12)6-11(9-19)16(20)21/h1-8H,(H2,20,21)/b11-6+. The molecule has 0 spiro atoms. The van der Waals surface area contributed by atoms with Crippen molar-refractivity contribution >= 4 is 35.2 Å². The third-order valence-corrected chi connectivity index (χ3v) is 3.42. The number of amides is 1. The van der Waals surface area contributed by atoms with Gasteiger partial charge in [-0.1, -0.05) is 35.3 Å². The molecule has 0 aliphatic heterocycles. The Morgan fingerprint density at radius 3 is 2.50 bits per heavy atom. The van der Waals surface area contributed by atoms with Gasteiger partial charge in [-0.2, -0.15) is 5.26 Å². The molecule has 2 aromatic rings. The number of nitrogens with zero attached hydrogens (tertiary/aromatic N) is 1. The Morgan fingerprint density at radius 1 is 1.14 bits per heavy atom. The molecule has 4 nitrogen and oxygen atoms in total. The van der Waals surface area contributed by atoms with E-state index in [0.29, 0.717) is 27.1 Å².